The molecule has 2 amide bonds. The van der Waals surface area contributed by atoms with Crippen molar-refractivity contribution in [3.8, 4) is 0 Å². The number of benzene rings is 2. The highest BCUT2D eigenvalue weighted by molar-refractivity contribution is 7.84. The van der Waals surface area contributed by atoms with E-state index in [1.165, 1.54) is 12.1 Å². The van der Waals surface area contributed by atoms with Gasteiger partial charge in [-0.15, -0.1) is 16.7 Å². The molecule has 0 radical (unpaired) electrons. The second-order valence-electron chi connectivity index (χ2n) is 4.06. The summed E-state index contributed by atoms with van der Waals surface area (Å²) >= 11 is 0. The molecule has 1 heterocycles. The van der Waals surface area contributed by atoms with E-state index in [9.17, 15) is 18.0 Å². The fourth-order valence-corrected chi connectivity index (χ4v) is 2.83. The number of carbonyl (C=O) groups is 2. The van der Waals surface area contributed by atoms with Crippen LogP contribution in [0.2, 0.25) is 0 Å². The van der Waals surface area contributed by atoms with Gasteiger partial charge in [0.05, 0.1) is 0 Å². The van der Waals surface area contributed by atoms with Gasteiger partial charge in [0, 0.05) is 16.5 Å². The molecule has 0 aliphatic carbocycles. The van der Waals surface area contributed by atoms with Gasteiger partial charge in [-0.1, -0.05) is 24.3 Å². The Morgan fingerprint density at radius 3 is 1.75 bits per heavy atom. The summed E-state index contributed by atoms with van der Waals surface area (Å²) in [7, 11) is -4.93. The highest BCUT2D eigenvalue weighted by atomic mass is 35.5. The summed E-state index contributed by atoms with van der Waals surface area (Å²) in [6.45, 7) is 0. The highest BCUT2D eigenvalue weighted by Crippen LogP contribution is 2.30. The van der Waals surface area contributed by atoms with Gasteiger partial charge >= 0.3 is 10.3 Å². The van der Waals surface area contributed by atoms with Crippen molar-refractivity contribution in [1.82, 2.24) is 4.31 Å². The lowest BCUT2D eigenvalue weighted by Crippen LogP contribution is -2.44. The van der Waals surface area contributed by atoms with E-state index in [4.69, 9.17) is 4.55 Å². The second kappa shape index (κ2) is 4.55. The maximum Gasteiger partial charge on any atom is 0.369 e. The molecule has 1 aliphatic rings. The van der Waals surface area contributed by atoms with Gasteiger partial charge in [0.2, 0.25) is 0 Å². The maximum absolute atomic E-state index is 12.0. The zero-order valence-corrected chi connectivity index (χ0v) is 11.4. The van der Waals surface area contributed by atoms with Crippen molar-refractivity contribution in [2.24, 2.45) is 0 Å². The van der Waals surface area contributed by atoms with Gasteiger partial charge < -0.3 is 0 Å². The molecule has 1 N–H and O–H groups in total. The minimum atomic E-state index is -4.93. The fourth-order valence-electron chi connectivity index (χ4n) is 2.22. The molecule has 0 atom stereocenters. The first-order valence-electron chi connectivity index (χ1n) is 5.29. The first kappa shape index (κ1) is 14.4. The summed E-state index contributed by atoms with van der Waals surface area (Å²) < 4.78 is 31.3. The molecule has 6 nitrogen and oxygen atoms in total. The van der Waals surface area contributed by atoms with E-state index in [1.807, 2.05) is 0 Å². The molecule has 0 saturated carbocycles. The van der Waals surface area contributed by atoms with Crippen LogP contribution in [0, 0.1) is 0 Å². The first-order valence-corrected chi connectivity index (χ1v) is 6.69. The molecule has 1 aliphatic heterocycles. The van der Waals surface area contributed by atoms with E-state index in [0.717, 1.165) is 0 Å². The van der Waals surface area contributed by atoms with Crippen molar-refractivity contribution in [3.05, 3.63) is 47.5 Å². The van der Waals surface area contributed by atoms with Crippen LogP contribution in [-0.4, -0.2) is 29.1 Å². The standard InChI is InChI=1S/C12H7NO5S.ClH/c14-11-8-5-1-3-7-4-2-6-9(10(7)8)12(15)13(11)19(16,17)18;/h1-6H,(H,16,17,18);1H. The Kier molecular flexibility index (Phi) is 3.29. The topological polar surface area (TPSA) is 91.8 Å². The predicted molar refractivity (Wildman–Crippen MR) is 73.2 cm³/mol. The molecular weight excluding hydrogens is 306 g/mol. The average molecular weight is 314 g/mol. The zero-order chi connectivity index (χ0) is 13.8. The lowest BCUT2D eigenvalue weighted by Gasteiger charge is -2.23. The van der Waals surface area contributed by atoms with Crippen molar-refractivity contribution >= 4 is 45.3 Å². The van der Waals surface area contributed by atoms with Crippen LogP contribution < -0.4 is 0 Å². The van der Waals surface area contributed by atoms with Gasteiger partial charge in [0.15, 0.2) is 0 Å². The molecule has 104 valence electrons. The van der Waals surface area contributed by atoms with Gasteiger partial charge in [-0.25, -0.2) is 0 Å². The zero-order valence-electron chi connectivity index (χ0n) is 9.81. The molecule has 0 unspecified atom stereocenters. The number of halogens is 1. The number of amides is 2. The van der Waals surface area contributed by atoms with Crippen LogP contribution in [0.3, 0.4) is 0 Å². The monoisotopic (exact) mass is 313 g/mol. The molecule has 0 spiro atoms. The highest BCUT2D eigenvalue weighted by Gasteiger charge is 2.39. The number of carbonyl (C=O) groups excluding carboxylic acids is 2. The minimum Gasteiger partial charge on any atom is -0.269 e. The third-order valence-electron chi connectivity index (χ3n) is 2.97. The van der Waals surface area contributed by atoms with Crippen molar-refractivity contribution in [3.63, 3.8) is 0 Å². The van der Waals surface area contributed by atoms with Gasteiger partial charge in [-0.2, -0.15) is 8.42 Å². The van der Waals surface area contributed by atoms with Crippen LogP contribution in [0.4, 0.5) is 0 Å². The maximum atomic E-state index is 12.0. The molecule has 0 bridgehead atoms. The Labute approximate surface area is 120 Å². The normalized spacial score (nSPS) is 14.3. The molecule has 8 heteroatoms. The number of nitrogens with zero attached hydrogens (tertiary/aromatic N) is 1. The molecule has 0 aromatic heterocycles. The second-order valence-corrected chi connectivity index (χ2v) is 5.32. The molecule has 0 saturated heterocycles. The molecule has 2 aromatic carbocycles. The number of imide groups is 1. The van der Waals surface area contributed by atoms with Gasteiger partial charge in [-0.05, 0) is 17.5 Å². The summed E-state index contributed by atoms with van der Waals surface area (Å²) in [5.74, 6) is -2.09. The van der Waals surface area contributed by atoms with E-state index in [0.29, 0.717) is 10.8 Å². The van der Waals surface area contributed by atoms with E-state index < -0.39 is 22.1 Å². The lowest BCUT2D eigenvalue weighted by molar-refractivity contribution is 0.0715. The van der Waals surface area contributed by atoms with E-state index in [-0.39, 0.29) is 27.8 Å². The van der Waals surface area contributed by atoms with Gasteiger partial charge in [0.25, 0.3) is 11.8 Å². The van der Waals surface area contributed by atoms with Crippen molar-refractivity contribution < 1.29 is 22.6 Å². The third-order valence-corrected chi connectivity index (χ3v) is 3.76. The van der Waals surface area contributed by atoms with Crippen LogP contribution in [0.15, 0.2) is 36.4 Å². The third kappa shape index (κ3) is 1.87. The summed E-state index contributed by atoms with van der Waals surface area (Å²) in [6, 6.07) is 9.42. The van der Waals surface area contributed by atoms with Crippen molar-refractivity contribution in [1.29, 1.82) is 0 Å². The molecule has 0 fully saturated rings. The molecular formula is C12H8ClNO5S. The van der Waals surface area contributed by atoms with E-state index in [1.54, 1.807) is 24.3 Å². The van der Waals surface area contributed by atoms with Crippen LogP contribution in [0.1, 0.15) is 20.7 Å². The first-order chi connectivity index (χ1) is 8.91. The van der Waals surface area contributed by atoms with E-state index in [2.05, 4.69) is 0 Å². The Morgan fingerprint density at radius 2 is 1.35 bits per heavy atom. The number of hydrogen-bond acceptors (Lipinski definition) is 4. The molecule has 3 rings (SSSR count). The Morgan fingerprint density at radius 1 is 0.900 bits per heavy atom. The average Bonchev–Trinajstić information content (AvgIpc) is 2.34. The summed E-state index contributed by atoms with van der Waals surface area (Å²) in [5, 5.41) is 1.06. The van der Waals surface area contributed by atoms with Crippen LogP contribution in [0.25, 0.3) is 10.8 Å². The largest absolute Gasteiger partial charge is 0.369 e. The Balaban J connectivity index is 0.00000147. The van der Waals surface area contributed by atoms with Crippen molar-refractivity contribution in [2.75, 3.05) is 0 Å². The lowest BCUT2D eigenvalue weighted by atomic mass is 9.95. The number of rotatable bonds is 1. The Hall–Kier alpha value is -1.96. The minimum absolute atomic E-state index is 0. The Bertz CT molecular complexity index is 795. The molecule has 2 aromatic rings. The summed E-state index contributed by atoms with van der Waals surface area (Å²) in [6.07, 6.45) is 0. The summed E-state index contributed by atoms with van der Waals surface area (Å²) in [5.41, 5.74) is 0.149. The van der Waals surface area contributed by atoms with E-state index >= 15 is 0 Å². The van der Waals surface area contributed by atoms with Crippen LogP contribution >= 0.6 is 12.4 Å². The van der Waals surface area contributed by atoms with Gasteiger partial charge in [-0.3, -0.25) is 14.1 Å². The number of hydrogen-bond donors (Lipinski definition) is 1. The van der Waals surface area contributed by atoms with Crippen LogP contribution in [-0.2, 0) is 10.3 Å². The fraction of sp³-hybridized carbons (Fsp3) is 0. The van der Waals surface area contributed by atoms with Crippen molar-refractivity contribution in [2.45, 2.75) is 0 Å². The van der Waals surface area contributed by atoms with Gasteiger partial charge in [0.1, 0.15) is 0 Å². The smallest absolute Gasteiger partial charge is 0.269 e. The quantitative estimate of drug-likeness (QED) is 0.638. The summed E-state index contributed by atoms with van der Waals surface area (Å²) in [4.78, 5) is 24.1. The molecule has 20 heavy (non-hydrogen) atoms. The predicted octanol–water partition coefficient (Wildman–Crippen LogP) is 1.66. The van der Waals surface area contributed by atoms with Crippen LogP contribution in [0.5, 0.6) is 0 Å². The SMILES string of the molecule is Cl.O=C1c2cccc3cccc(c23)C(=O)N1S(=O)(=O)O.